The van der Waals surface area contributed by atoms with Crippen LogP contribution in [0.15, 0.2) is 24.3 Å². The molecule has 98 valence electrons. The van der Waals surface area contributed by atoms with Crippen LogP contribution < -0.4 is 0 Å². The molecule has 0 N–H and O–H groups in total. The van der Waals surface area contributed by atoms with E-state index in [9.17, 15) is 9.18 Å². The molecule has 0 saturated heterocycles. The van der Waals surface area contributed by atoms with Crippen molar-refractivity contribution in [2.75, 3.05) is 13.2 Å². The first-order valence-corrected chi connectivity index (χ1v) is 6.33. The van der Waals surface area contributed by atoms with E-state index in [0.717, 1.165) is 18.4 Å². The van der Waals surface area contributed by atoms with Crippen molar-refractivity contribution in [3.63, 3.8) is 0 Å². The number of hydrogen-bond acceptors (Lipinski definition) is 3. The third-order valence-electron chi connectivity index (χ3n) is 3.00. The molecule has 3 nitrogen and oxygen atoms in total. The first-order chi connectivity index (χ1) is 8.69. The van der Waals surface area contributed by atoms with Crippen LogP contribution in [-0.2, 0) is 16.1 Å². The maximum absolute atomic E-state index is 12.8. The predicted molar refractivity (Wildman–Crippen MR) is 66.5 cm³/mol. The number of carbonyl (C=O) groups excluding carboxylic acids is 1. The molecule has 0 amide bonds. The molecular formula is C14H18FNO2. The normalized spacial score (nSPS) is 14.8. The highest BCUT2D eigenvalue weighted by Gasteiger charge is 2.30. The highest BCUT2D eigenvalue weighted by molar-refractivity contribution is 5.71. The van der Waals surface area contributed by atoms with Crippen molar-refractivity contribution in [2.24, 2.45) is 0 Å². The van der Waals surface area contributed by atoms with E-state index >= 15 is 0 Å². The molecule has 0 spiro atoms. The van der Waals surface area contributed by atoms with Crippen molar-refractivity contribution in [2.45, 2.75) is 32.4 Å². The molecule has 18 heavy (non-hydrogen) atoms. The number of ether oxygens (including phenoxy) is 1. The molecule has 1 aromatic carbocycles. The average molecular weight is 251 g/mol. The van der Waals surface area contributed by atoms with Crippen molar-refractivity contribution in [3.05, 3.63) is 35.6 Å². The van der Waals surface area contributed by atoms with Crippen molar-refractivity contribution >= 4 is 5.97 Å². The number of benzene rings is 1. The zero-order chi connectivity index (χ0) is 13.0. The minimum atomic E-state index is -0.234. The Bertz CT molecular complexity index is 401. The van der Waals surface area contributed by atoms with E-state index in [1.54, 1.807) is 19.1 Å². The molecule has 1 aliphatic carbocycles. The summed E-state index contributed by atoms with van der Waals surface area (Å²) in [7, 11) is 0. The highest BCUT2D eigenvalue weighted by Crippen LogP contribution is 2.28. The van der Waals surface area contributed by atoms with Crippen molar-refractivity contribution in [3.8, 4) is 0 Å². The minimum absolute atomic E-state index is 0.188. The Hall–Kier alpha value is -1.42. The fourth-order valence-corrected chi connectivity index (χ4v) is 1.95. The maximum Gasteiger partial charge on any atom is 0.320 e. The monoisotopic (exact) mass is 251 g/mol. The second-order valence-electron chi connectivity index (χ2n) is 4.57. The molecule has 0 radical (unpaired) electrons. The molecule has 1 aliphatic rings. The van der Waals surface area contributed by atoms with Gasteiger partial charge in [-0.3, -0.25) is 9.69 Å². The molecule has 2 rings (SSSR count). The van der Waals surface area contributed by atoms with Crippen LogP contribution in [0, 0.1) is 5.82 Å². The van der Waals surface area contributed by atoms with E-state index in [4.69, 9.17) is 4.74 Å². The van der Waals surface area contributed by atoms with Crippen LogP contribution in [0.5, 0.6) is 0 Å². The van der Waals surface area contributed by atoms with Gasteiger partial charge in [0.25, 0.3) is 0 Å². The lowest BCUT2D eigenvalue weighted by Gasteiger charge is -2.20. The van der Waals surface area contributed by atoms with Crippen molar-refractivity contribution in [1.82, 2.24) is 4.90 Å². The highest BCUT2D eigenvalue weighted by atomic mass is 19.1. The summed E-state index contributed by atoms with van der Waals surface area (Å²) in [4.78, 5) is 13.6. The van der Waals surface area contributed by atoms with Gasteiger partial charge in [-0.15, -0.1) is 0 Å². The minimum Gasteiger partial charge on any atom is -0.465 e. The van der Waals surface area contributed by atoms with Gasteiger partial charge in [0, 0.05) is 12.6 Å². The van der Waals surface area contributed by atoms with Crippen LogP contribution in [0.2, 0.25) is 0 Å². The Kier molecular flexibility index (Phi) is 4.31. The standard InChI is InChI=1S/C14H18FNO2/c1-2-18-14(17)10-16(13-7-8-13)9-11-3-5-12(15)6-4-11/h3-6,13H,2,7-10H2,1H3. The molecule has 1 fully saturated rings. The van der Waals surface area contributed by atoms with Crippen LogP contribution >= 0.6 is 0 Å². The van der Waals surface area contributed by atoms with Crippen LogP contribution in [0.4, 0.5) is 4.39 Å². The molecule has 0 atom stereocenters. The lowest BCUT2D eigenvalue weighted by atomic mass is 10.2. The van der Waals surface area contributed by atoms with E-state index < -0.39 is 0 Å². The third kappa shape index (κ3) is 3.81. The number of hydrogen-bond donors (Lipinski definition) is 0. The van der Waals surface area contributed by atoms with Crippen molar-refractivity contribution < 1.29 is 13.9 Å². The Morgan fingerprint density at radius 2 is 2.06 bits per heavy atom. The summed E-state index contributed by atoms with van der Waals surface area (Å²) in [6.07, 6.45) is 2.25. The Balaban J connectivity index is 1.93. The number of carbonyl (C=O) groups is 1. The zero-order valence-corrected chi connectivity index (χ0v) is 10.6. The molecule has 1 aromatic rings. The molecule has 1 saturated carbocycles. The molecule has 0 aliphatic heterocycles. The van der Waals surface area contributed by atoms with Gasteiger partial charge in [0.2, 0.25) is 0 Å². The van der Waals surface area contributed by atoms with Gasteiger partial charge < -0.3 is 4.74 Å². The van der Waals surface area contributed by atoms with Gasteiger partial charge in [0.15, 0.2) is 0 Å². The van der Waals surface area contributed by atoms with Crippen LogP contribution in [0.3, 0.4) is 0 Å². The largest absolute Gasteiger partial charge is 0.465 e. The first kappa shape index (κ1) is 13.0. The Morgan fingerprint density at radius 1 is 1.39 bits per heavy atom. The molecule has 0 heterocycles. The molecule has 0 unspecified atom stereocenters. The SMILES string of the molecule is CCOC(=O)CN(Cc1ccc(F)cc1)C1CC1. The van der Waals surface area contributed by atoms with Crippen LogP contribution in [0.25, 0.3) is 0 Å². The van der Waals surface area contributed by atoms with E-state index in [1.807, 2.05) is 0 Å². The van der Waals surface area contributed by atoms with Crippen LogP contribution in [-0.4, -0.2) is 30.1 Å². The maximum atomic E-state index is 12.8. The topological polar surface area (TPSA) is 29.5 Å². The van der Waals surface area contributed by atoms with Gasteiger partial charge in [-0.2, -0.15) is 0 Å². The predicted octanol–water partition coefficient (Wildman–Crippen LogP) is 2.35. The average Bonchev–Trinajstić information content (AvgIpc) is 3.15. The van der Waals surface area contributed by atoms with E-state index in [0.29, 0.717) is 25.7 Å². The number of esters is 1. The first-order valence-electron chi connectivity index (χ1n) is 6.33. The van der Waals surface area contributed by atoms with Gasteiger partial charge in [-0.05, 0) is 37.5 Å². The van der Waals surface area contributed by atoms with Gasteiger partial charge >= 0.3 is 5.97 Å². The van der Waals surface area contributed by atoms with Gasteiger partial charge in [0.05, 0.1) is 13.2 Å². The Labute approximate surface area is 107 Å². The summed E-state index contributed by atoms with van der Waals surface area (Å²) in [5.41, 5.74) is 1.02. The zero-order valence-electron chi connectivity index (χ0n) is 10.6. The molecule has 0 bridgehead atoms. The van der Waals surface area contributed by atoms with E-state index in [1.165, 1.54) is 12.1 Å². The molecular weight excluding hydrogens is 233 g/mol. The van der Waals surface area contributed by atoms with E-state index in [2.05, 4.69) is 4.90 Å². The summed E-state index contributed by atoms with van der Waals surface area (Å²) >= 11 is 0. The van der Waals surface area contributed by atoms with Gasteiger partial charge in [0.1, 0.15) is 5.82 Å². The van der Waals surface area contributed by atoms with Gasteiger partial charge in [-0.25, -0.2) is 4.39 Å². The summed E-state index contributed by atoms with van der Waals surface area (Å²) in [6, 6.07) is 6.89. The Morgan fingerprint density at radius 3 is 2.61 bits per heavy atom. The lowest BCUT2D eigenvalue weighted by molar-refractivity contribution is -0.144. The second kappa shape index (κ2) is 5.96. The van der Waals surface area contributed by atoms with Crippen LogP contribution in [0.1, 0.15) is 25.3 Å². The summed E-state index contributed by atoms with van der Waals surface area (Å²) in [5, 5.41) is 0. The smallest absolute Gasteiger partial charge is 0.320 e. The fourth-order valence-electron chi connectivity index (χ4n) is 1.95. The fraction of sp³-hybridized carbons (Fsp3) is 0.500. The van der Waals surface area contributed by atoms with Crippen molar-refractivity contribution in [1.29, 1.82) is 0 Å². The molecule has 4 heteroatoms. The number of halogens is 1. The summed E-state index contributed by atoms with van der Waals surface area (Å²) < 4.78 is 17.8. The van der Waals surface area contributed by atoms with Gasteiger partial charge in [-0.1, -0.05) is 12.1 Å². The number of nitrogens with zero attached hydrogens (tertiary/aromatic N) is 1. The lowest BCUT2D eigenvalue weighted by Crippen LogP contribution is -2.32. The number of rotatable bonds is 6. The summed E-state index contributed by atoms with van der Waals surface area (Å²) in [5.74, 6) is -0.423. The second-order valence-corrected chi connectivity index (χ2v) is 4.57. The third-order valence-corrected chi connectivity index (χ3v) is 3.00. The van der Waals surface area contributed by atoms with E-state index in [-0.39, 0.29) is 11.8 Å². The summed E-state index contributed by atoms with van der Waals surface area (Å²) in [6.45, 7) is 3.20. The quantitative estimate of drug-likeness (QED) is 0.727. The molecule has 0 aromatic heterocycles.